The van der Waals surface area contributed by atoms with Crippen LogP contribution in [0.2, 0.25) is 0 Å². The minimum atomic E-state index is -0.0794. The number of rotatable bonds is 7. The van der Waals surface area contributed by atoms with Crippen LogP contribution >= 0.6 is 0 Å². The topological polar surface area (TPSA) is 41.6 Å². The van der Waals surface area contributed by atoms with Gasteiger partial charge in [-0.05, 0) is 25.0 Å². The maximum atomic E-state index is 12.6. The molecule has 0 aromatic heterocycles. The van der Waals surface area contributed by atoms with Gasteiger partial charge >= 0.3 is 6.03 Å². The van der Waals surface area contributed by atoms with E-state index >= 15 is 0 Å². The molecule has 0 fully saturated rings. The molecular weight excluding hydrogens is 300 g/mol. The molecule has 0 unspecified atom stereocenters. The Kier molecular flexibility index (Phi) is 6.82. The number of nitrogens with zero attached hydrogens (tertiary/aromatic N) is 1. The molecule has 0 bridgehead atoms. The Hall–Kier alpha value is -2.33. The number of carbonyl (C=O) groups is 1. The van der Waals surface area contributed by atoms with E-state index in [4.69, 9.17) is 4.74 Å². The van der Waals surface area contributed by atoms with Gasteiger partial charge in [-0.2, -0.15) is 0 Å². The molecule has 128 valence electrons. The fraction of sp³-hybridized carbons (Fsp3) is 0.350. The molecule has 0 aliphatic heterocycles. The zero-order valence-corrected chi connectivity index (χ0v) is 14.7. The van der Waals surface area contributed by atoms with Gasteiger partial charge < -0.3 is 15.0 Å². The third kappa shape index (κ3) is 5.70. The summed E-state index contributed by atoms with van der Waals surface area (Å²) in [5, 5.41) is 2.95. The van der Waals surface area contributed by atoms with Crippen LogP contribution in [0.3, 0.4) is 0 Å². The zero-order valence-electron chi connectivity index (χ0n) is 14.7. The Morgan fingerprint density at radius 1 is 1.08 bits per heavy atom. The first kappa shape index (κ1) is 18.0. The number of methoxy groups -OCH3 is 1. The highest BCUT2D eigenvalue weighted by atomic mass is 16.5. The SMILES string of the molecule is CO[C@@H](C)CNC(=O)N(Cc1ccccc1)Cc1cccc(C)c1. The molecule has 2 aromatic rings. The van der Waals surface area contributed by atoms with Crippen molar-refractivity contribution < 1.29 is 9.53 Å². The lowest BCUT2D eigenvalue weighted by atomic mass is 10.1. The maximum Gasteiger partial charge on any atom is 0.318 e. The Balaban J connectivity index is 2.09. The van der Waals surface area contributed by atoms with Crippen LogP contribution in [-0.2, 0) is 17.8 Å². The minimum absolute atomic E-state index is 0.00787. The highest BCUT2D eigenvalue weighted by molar-refractivity contribution is 5.74. The number of urea groups is 1. The van der Waals surface area contributed by atoms with Crippen molar-refractivity contribution in [2.75, 3.05) is 13.7 Å². The lowest BCUT2D eigenvalue weighted by Crippen LogP contribution is -2.42. The largest absolute Gasteiger partial charge is 0.380 e. The third-order valence-corrected chi connectivity index (χ3v) is 3.90. The molecule has 4 heteroatoms. The molecule has 2 aromatic carbocycles. The van der Waals surface area contributed by atoms with E-state index in [0.717, 1.165) is 11.1 Å². The van der Waals surface area contributed by atoms with Crippen LogP contribution in [0, 0.1) is 6.92 Å². The molecule has 1 N–H and O–H groups in total. The van der Waals surface area contributed by atoms with E-state index in [2.05, 4.69) is 30.4 Å². The van der Waals surface area contributed by atoms with Gasteiger partial charge in [0, 0.05) is 26.7 Å². The number of amides is 2. The van der Waals surface area contributed by atoms with Gasteiger partial charge in [0.2, 0.25) is 0 Å². The smallest absolute Gasteiger partial charge is 0.318 e. The first-order chi connectivity index (χ1) is 11.6. The van der Waals surface area contributed by atoms with Crippen LogP contribution < -0.4 is 5.32 Å². The van der Waals surface area contributed by atoms with Crippen LogP contribution in [-0.4, -0.2) is 30.7 Å². The number of nitrogens with one attached hydrogen (secondary N) is 1. The highest BCUT2D eigenvalue weighted by Gasteiger charge is 2.15. The molecule has 0 saturated heterocycles. The van der Waals surface area contributed by atoms with Crippen LogP contribution in [0.5, 0.6) is 0 Å². The standard InChI is InChI=1S/C20H26N2O2/c1-16-8-7-11-19(12-16)15-22(14-18-9-5-4-6-10-18)20(23)21-13-17(2)24-3/h4-12,17H,13-15H2,1-3H3,(H,21,23)/t17-/m0/s1. The van der Waals surface area contributed by atoms with Crippen molar-refractivity contribution in [2.45, 2.75) is 33.0 Å². The summed E-state index contributed by atoms with van der Waals surface area (Å²) in [6, 6.07) is 18.2. The number of benzene rings is 2. The summed E-state index contributed by atoms with van der Waals surface area (Å²) in [6.07, 6.45) is -0.00787. The monoisotopic (exact) mass is 326 g/mol. The van der Waals surface area contributed by atoms with Gasteiger partial charge in [0.1, 0.15) is 0 Å². The van der Waals surface area contributed by atoms with E-state index in [0.29, 0.717) is 19.6 Å². The summed E-state index contributed by atoms with van der Waals surface area (Å²) < 4.78 is 5.20. The Labute approximate surface area is 144 Å². The molecule has 4 nitrogen and oxygen atoms in total. The molecule has 2 amide bonds. The fourth-order valence-electron chi connectivity index (χ4n) is 2.46. The maximum absolute atomic E-state index is 12.6. The number of carbonyl (C=O) groups excluding carboxylic acids is 1. The van der Waals surface area contributed by atoms with Crippen molar-refractivity contribution in [3.63, 3.8) is 0 Å². The van der Waals surface area contributed by atoms with Gasteiger partial charge in [0.25, 0.3) is 0 Å². The minimum Gasteiger partial charge on any atom is -0.380 e. The molecule has 0 heterocycles. The average molecular weight is 326 g/mol. The second kappa shape index (κ2) is 9.08. The van der Waals surface area contributed by atoms with Crippen LogP contribution in [0.25, 0.3) is 0 Å². The molecule has 24 heavy (non-hydrogen) atoms. The van der Waals surface area contributed by atoms with Crippen LogP contribution in [0.4, 0.5) is 4.79 Å². The summed E-state index contributed by atoms with van der Waals surface area (Å²) in [4.78, 5) is 14.4. The Bertz CT molecular complexity index is 643. The van der Waals surface area contributed by atoms with E-state index in [1.165, 1.54) is 5.56 Å². The van der Waals surface area contributed by atoms with E-state index in [9.17, 15) is 4.79 Å². The van der Waals surface area contributed by atoms with Gasteiger partial charge in [0.15, 0.2) is 0 Å². The van der Waals surface area contributed by atoms with Crippen LogP contribution in [0.1, 0.15) is 23.6 Å². The summed E-state index contributed by atoms with van der Waals surface area (Å²) in [6.45, 7) is 5.63. The first-order valence-corrected chi connectivity index (χ1v) is 8.23. The number of hydrogen-bond donors (Lipinski definition) is 1. The molecule has 1 atom stereocenters. The lowest BCUT2D eigenvalue weighted by Gasteiger charge is -2.24. The molecular formula is C20H26N2O2. The predicted molar refractivity (Wildman–Crippen MR) is 96.7 cm³/mol. The second-order valence-electron chi connectivity index (χ2n) is 6.06. The van der Waals surface area contributed by atoms with Crippen molar-refractivity contribution in [3.8, 4) is 0 Å². The third-order valence-electron chi connectivity index (χ3n) is 3.90. The van der Waals surface area contributed by atoms with Gasteiger partial charge in [0.05, 0.1) is 6.10 Å². The van der Waals surface area contributed by atoms with Gasteiger partial charge in [-0.15, -0.1) is 0 Å². The number of ether oxygens (including phenoxy) is 1. The lowest BCUT2D eigenvalue weighted by molar-refractivity contribution is 0.115. The van der Waals surface area contributed by atoms with Crippen molar-refractivity contribution in [1.82, 2.24) is 10.2 Å². The number of aryl methyl sites for hydroxylation is 1. The summed E-state index contributed by atoms with van der Waals surface area (Å²) >= 11 is 0. The molecule has 0 spiro atoms. The Morgan fingerprint density at radius 2 is 1.75 bits per heavy atom. The van der Waals surface area contributed by atoms with Crippen LogP contribution in [0.15, 0.2) is 54.6 Å². The van der Waals surface area contributed by atoms with E-state index in [1.54, 1.807) is 7.11 Å². The Morgan fingerprint density at radius 3 is 2.42 bits per heavy atom. The van der Waals surface area contributed by atoms with Crippen molar-refractivity contribution in [1.29, 1.82) is 0 Å². The van der Waals surface area contributed by atoms with Gasteiger partial charge in [-0.25, -0.2) is 4.79 Å². The van der Waals surface area contributed by atoms with Crippen molar-refractivity contribution in [3.05, 3.63) is 71.3 Å². The van der Waals surface area contributed by atoms with Gasteiger partial charge in [-0.3, -0.25) is 0 Å². The summed E-state index contributed by atoms with van der Waals surface area (Å²) in [5.74, 6) is 0. The van der Waals surface area contributed by atoms with Gasteiger partial charge in [-0.1, -0.05) is 60.2 Å². The molecule has 0 aliphatic carbocycles. The van der Waals surface area contributed by atoms with E-state index in [1.807, 2.05) is 48.2 Å². The predicted octanol–water partition coefficient (Wildman–Crippen LogP) is 3.74. The van der Waals surface area contributed by atoms with E-state index < -0.39 is 0 Å². The van der Waals surface area contributed by atoms with Crippen molar-refractivity contribution >= 4 is 6.03 Å². The first-order valence-electron chi connectivity index (χ1n) is 8.23. The summed E-state index contributed by atoms with van der Waals surface area (Å²) in [5.41, 5.74) is 3.43. The highest BCUT2D eigenvalue weighted by Crippen LogP contribution is 2.12. The molecule has 0 saturated carbocycles. The molecule has 0 radical (unpaired) electrons. The average Bonchev–Trinajstić information content (AvgIpc) is 2.59. The molecule has 0 aliphatic rings. The molecule has 2 rings (SSSR count). The fourth-order valence-corrected chi connectivity index (χ4v) is 2.46. The second-order valence-corrected chi connectivity index (χ2v) is 6.06. The zero-order chi connectivity index (χ0) is 17.4. The summed E-state index contributed by atoms with van der Waals surface area (Å²) in [7, 11) is 1.64. The van der Waals surface area contributed by atoms with E-state index in [-0.39, 0.29) is 12.1 Å². The normalized spacial score (nSPS) is 11.8. The van der Waals surface area contributed by atoms with Crippen molar-refractivity contribution in [2.24, 2.45) is 0 Å². The number of hydrogen-bond acceptors (Lipinski definition) is 2. The quantitative estimate of drug-likeness (QED) is 0.842.